The summed E-state index contributed by atoms with van der Waals surface area (Å²) in [7, 11) is -3.48. The monoisotopic (exact) mass is 374 g/mol. The highest BCUT2D eigenvalue weighted by Gasteiger charge is 2.27. The lowest BCUT2D eigenvalue weighted by Gasteiger charge is -2.29. The summed E-state index contributed by atoms with van der Waals surface area (Å²) in [5.74, 6) is 0.827. The van der Waals surface area contributed by atoms with E-state index in [-0.39, 0.29) is 10.8 Å². The van der Waals surface area contributed by atoms with Crippen LogP contribution in [0, 0.1) is 5.92 Å². The summed E-state index contributed by atoms with van der Waals surface area (Å²) in [6.45, 7) is 3.25. The Hall–Kier alpha value is -2.38. The van der Waals surface area contributed by atoms with Crippen molar-refractivity contribution < 1.29 is 17.6 Å². The molecule has 1 aliphatic heterocycles. The number of piperidine rings is 1. The second-order valence-electron chi connectivity index (χ2n) is 6.45. The highest BCUT2D eigenvalue weighted by atomic mass is 32.2. The van der Waals surface area contributed by atoms with Crippen molar-refractivity contribution in [2.75, 3.05) is 18.4 Å². The Bertz CT molecular complexity index is 863. The van der Waals surface area contributed by atoms with Gasteiger partial charge in [-0.3, -0.25) is 4.79 Å². The molecule has 1 aromatic heterocycles. The number of furan rings is 1. The smallest absolute Gasteiger partial charge is 0.248 e. The van der Waals surface area contributed by atoms with E-state index in [9.17, 15) is 13.2 Å². The average molecular weight is 374 g/mol. The van der Waals surface area contributed by atoms with Crippen LogP contribution in [0.5, 0.6) is 0 Å². The van der Waals surface area contributed by atoms with Crippen LogP contribution in [0.25, 0.3) is 6.08 Å². The summed E-state index contributed by atoms with van der Waals surface area (Å²) >= 11 is 0. The van der Waals surface area contributed by atoms with E-state index >= 15 is 0 Å². The molecule has 26 heavy (non-hydrogen) atoms. The van der Waals surface area contributed by atoms with Gasteiger partial charge in [0.1, 0.15) is 5.76 Å². The maximum absolute atomic E-state index is 12.7. The van der Waals surface area contributed by atoms with Crippen molar-refractivity contribution in [2.45, 2.75) is 24.7 Å². The summed E-state index contributed by atoms with van der Waals surface area (Å²) in [5, 5.41) is 2.69. The van der Waals surface area contributed by atoms with Gasteiger partial charge in [0.2, 0.25) is 15.9 Å². The number of carbonyl (C=O) groups is 1. The average Bonchev–Trinajstić information content (AvgIpc) is 3.14. The van der Waals surface area contributed by atoms with Crippen LogP contribution in [0.2, 0.25) is 0 Å². The van der Waals surface area contributed by atoms with Crippen LogP contribution in [0.15, 0.2) is 58.1 Å². The van der Waals surface area contributed by atoms with Crippen molar-refractivity contribution in [1.82, 2.24) is 4.31 Å². The number of anilines is 1. The van der Waals surface area contributed by atoms with Crippen molar-refractivity contribution in [1.29, 1.82) is 0 Å². The van der Waals surface area contributed by atoms with Crippen molar-refractivity contribution >= 4 is 27.7 Å². The third kappa shape index (κ3) is 4.42. The molecule has 6 nitrogen and oxygen atoms in total. The van der Waals surface area contributed by atoms with E-state index in [1.165, 1.54) is 28.8 Å². The molecule has 0 spiro atoms. The maximum Gasteiger partial charge on any atom is 0.248 e. The lowest BCUT2D eigenvalue weighted by molar-refractivity contribution is -0.111. The fraction of sp³-hybridized carbons (Fsp3) is 0.316. The SMILES string of the molecule is CC1CCN(S(=O)(=O)c2ccc(NC(=O)C=Cc3ccco3)cc2)CC1. The van der Waals surface area contributed by atoms with E-state index in [0.29, 0.717) is 30.5 Å². The van der Waals surface area contributed by atoms with Crippen LogP contribution in [-0.2, 0) is 14.8 Å². The number of nitrogens with one attached hydrogen (secondary N) is 1. The van der Waals surface area contributed by atoms with E-state index in [1.807, 2.05) is 0 Å². The van der Waals surface area contributed by atoms with Gasteiger partial charge in [0.15, 0.2) is 0 Å². The van der Waals surface area contributed by atoms with Gasteiger partial charge < -0.3 is 9.73 Å². The van der Waals surface area contributed by atoms with E-state index in [2.05, 4.69) is 12.2 Å². The van der Waals surface area contributed by atoms with Gasteiger partial charge in [-0.25, -0.2) is 8.42 Å². The fourth-order valence-corrected chi connectivity index (χ4v) is 4.28. The first-order valence-corrected chi connectivity index (χ1v) is 10.0. The van der Waals surface area contributed by atoms with Crippen LogP contribution in [0.1, 0.15) is 25.5 Å². The number of hydrogen-bond donors (Lipinski definition) is 1. The first-order chi connectivity index (χ1) is 12.4. The van der Waals surface area contributed by atoms with Crippen LogP contribution in [0.4, 0.5) is 5.69 Å². The van der Waals surface area contributed by atoms with Gasteiger partial charge in [0.25, 0.3) is 0 Å². The van der Waals surface area contributed by atoms with Crippen LogP contribution in [-0.4, -0.2) is 31.7 Å². The molecule has 1 amide bonds. The van der Waals surface area contributed by atoms with E-state index < -0.39 is 10.0 Å². The van der Waals surface area contributed by atoms with Gasteiger partial charge >= 0.3 is 0 Å². The molecule has 1 N–H and O–H groups in total. The molecule has 0 atom stereocenters. The zero-order valence-electron chi connectivity index (χ0n) is 14.6. The van der Waals surface area contributed by atoms with Gasteiger partial charge in [-0.15, -0.1) is 0 Å². The summed E-state index contributed by atoms with van der Waals surface area (Å²) in [4.78, 5) is 12.1. The van der Waals surface area contributed by atoms with Gasteiger partial charge in [0, 0.05) is 24.9 Å². The molecule has 0 saturated carbocycles. The van der Waals surface area contributed by atoms with Crippen molar-refractivity contribution in [2.24, 2.45) is 5.92 Å². The Balaban J connectivity index is 1.63. The van der Waals surface area contributed by atoms with Crippen LogP contribution >= 0.6 is 0 Å². The molecule has 0 aliphatic carbocycles. The molecule has 0 bridgehead atoms. The van der Waals surface area contributed by atoms with E-state index in [4.69, 9.17) is 4.42 Å². The number of hydrogen-bond acceptors (Lipinski definition) is 4. The highest BCUT2D eigenvalue weighted by Crippen LogP contribution is 2.24. The van der Waals surface area contributed by atoms with Crippen molar-refractivity contribution in [3.8, 4) is 0 Å². The van der Waals surface area contributed by atoms with Crippen molar-refractivity contribution in [3.63, 3.8) is 0 Å². The molecular weight excluding hydrogens is 352 g/mol. The van der Waals surface area contributed by atoms with Crippen LogP contribution < -0.4 is 5.32 Å². The van der Waals surface area contributed by atoms with Gasteiger partial charge in [-0.05, 0) is 61.2 Å². The third-order valence-electron chi connectivity index (χ3n) is 4.44. The Morgan fingerprint density at radius 2 is 1.88 bits per heavy atom. The molecule has 0 unspecified atom stereocenters. The highest BCUT2D eigenvalue weighted by molar-refractivity contribution is 7.89. The maximum atomic E-state index is 12.7. The zero-order valence-corrected chi connectivity index (χ0v) is 15.4. The summed E-state index contributed by atoms with van der Waals surface area (Å²) < 4.78 is 32.0. The molecule has 1 fully saturated rings. The second-order valence-corrected chi connectivity index (χ2v) is 8.39. The molecule has 138 valence electrons. The summed E-state index contributed by atoms with van der Waals surface area (Å²) in [5.41, 5.74) is 0.533. The molecule has 0 radical (unpaired) electrons. The lowest BCUT2D eigenvalue weighted by atomic mass is 10.0. The number of sulfonamides is 1. The second kappa shape index (κ2) is 7.88. The summed E-state index contributed by atoms with van der Waals surface area (Å²) in [6.07, 6.45) is 6.22. The Morgan fingerprint density at radius 1 is 1.19 bits per heavy atom. The minimum atomic E-state index is -3.48. The quantitative estimate of drug-likeness (QED) is 0.814. The van der Waals surface area contributed by atoms with Crippen LogP contribution in [0.3, 0.4) is 0 Å². The zero-order chi connectivity index (χ0) is 18.6. The predicted molar refractivity (Wildman–Crippen MR) is 100.0 cm³/mol. The van der Waals surface area contributed by atoms with E-state index in [1.54, 1.807) is 30.3 Å². The molecule has 1 aromatic carbocycles. The Kier molecular flexibility index (Phi) is 5.58. The summed E-state index contributed by atoms with van der Waals surface area (Å²) in [6, 6.07) is 9.72. The van der Waals surface area contributed by atoms with E-state index in [0.717, 1.165) is 12.8 Å². The largest absolute Gasteiger partial charge is 0.465 e. The van der Waals surface area contributed by atoms with Gasteiger partial charge in [-0.2, -0.15) is 4.31 Å². The molecule has 1 saturated heterocycles. The van der Waals surface area contributed by atoms with Gasteiger partial charge in [0.05, 0.1) is 11.2 Å². The normalized spacial score (nSPS) is 16.8. The topological polar surface area (TPSA) is 79.6 Å². The molecule has 2 aromatic rings. The number of rotatable bonds is 5. The van der Waals surface area contributed by atoms with Gasteiger partial charge in [-0.1, -0.05) is 6.92 Å². The number of nitrogens with zero attached hydrogens (tertiary/aromatic N) is 1. The standard InChI is InChI=1S/C19H22N2O4S/c1-15-10-12-21(13-11-15)26(23,24)18-7-4-16(5-8-18)20-19(22)9-6-17-3-2-14-25-17/h2-9,14-15H,10-13H2,1H3,(H,20,22). The molecule has 2 heterocycles. The number of benzene rings is 1. The minimum Gasteiger partial charge on any atom is -0.465 e. The first-order valence-electron chi connectivity index (χ1n) is 8.58. The molecule has 1 aliphatic rings. The number of amides is 1. The predicted octanol–water partition coefficient (Wildman–Crippen LogP) is 3.35. The molecule has 3 rings (SSSR count). The lowest BCUT2D eigenvalue weighted by Crippen LogP contribution is -2.37. The number of carbonyl (C=O) groups excluding carboxylic acids is 1. The van der Waals surface area contributed by atoms with Crippen molar-refractivity contribution in [3.05, 3.63) is 54.5 Å². The Labute approximate surface area is 153 Å². The fourth-order valence-electron chi connectivity index (χ4n) is 2.81. The third-order valence-corrected chi connectivity index (χ3v) is 6.36. The first kappa shape index (κ1) is 18.4. The minimum absolute atomic E-state index is 0.246. The Morgan fingerprint density at radius 3 is 2.50 bits per heavy atom. The molecule has 7 heteroatoms. The molecular formula is C19H22N2O4S.